The van der Waals surface area contributed by atoms with Crippen LogP contribution in [0.4, 0.5) is 10.1 Å². The number of benzene rings is 2. The van der Waals surface area contributed by atoms with Crippen molar-refractivity contribution in [2.45, 2.75) is 11.9 Å². The molecular weight excluding hydrogens is 439 g/mol. The van der Waals surface area contributed by atoms with Gasteiger partial charge in [0.25, 0.3) is 0 Å². The molecule has 0 aliphatic heterocycles. The third kappa shape index (κ3) is 4.65. The number of ether oxygens (including phenoxy) is 1. The number of amides is 1. The van der Waals surface area contributed by atoms with Crippen molar-refractivity contribution in [2.75, 3.05) is 18.2 Å². The fourth-order valence-corrected chi connectivity index (χ4v) is 4.06. The van der Waals surface area contributed by atoms with Gasteiger partial charge in [-0.25, -0.2) is 13.9 Å². The van der Waals surface area contributed by atoms with Crippen molar-refractivity contribution >= 4 is 40.6 Å². The van der Waals surface area contributed by atoms with Gasteiger partial charge in [-0.05, 0) is 48.9 Å². The summed E-state index contributed by atoms with van der Waals surface area (Å²) in [4.78, 5) is 17.0. The van der Waals surface area contributed by atoms with Crippen LogP contribution in [0.1, 0.15) is 5.69 Å². The second-order valence-electron chi connectivity index (χ2n) is 6.72. The van der Waals surface area contributed by atoms with Gasteiger partial charge in [0.05, 0.1) is 24.7 Å². The molecule has 0 atom stereocenters. The molecule has 0 unspecified atom stereocenters. The number of halogens is 2. The number of hydrogen-bond donors (Lipinski definition) is 1. The first-order valence-corrected chi connectivity index (χ1v) is 10.7. The predicted molar refractivity (Wildman–Crippen MR) is 120 cm³/mol. The van der Waals surface area contributed by atoms with E-state index in [1.165, 1.54) is 23.9 Å². The number of anilines is 1. The highest BCUT2D eigenvalue weighted by molar-refractivity contribution is 7.99. The lowest BCUT2D eigenvalue weighted by molar-refractivity contribution is -0.113. The van der Waals surface area contributed by atoms with Crippen LogP contribution >= 0.6 is 23.4 Å². The van der Waals surface area contributed by atoms with E-state index in [9.17, 15) is 9.18 Å². The summed E-state index contributed by atoms with van der Waals surface area (Å²) >= 11 is 7.04. The molecule has 1 N–H and O–H groups in total. The summed E-state index contributed by atoms with van der Waals surface area (Å²) in [5.74, 6) is -0.0671. The number of carbonyl (C=O) groups is 1. The molecule has 0 spiro atoms. The van der Waals surface area contributed by atoms with Crippen LogP contribution < -0.4 is 10.1 Å². The summed E-state index contributed by atoms with van der Waals surface area (Å²) in [7, 11) is 1.62. The van der Waals surface area contributed by atoms with Crippen molar-refractivity contribution in [3.63, 3.8) is 0 Å². The van der Waals surface area contributed by atoms with E-state index in [1.54, 1.807) is 17.8 Å². The Morgan fingerprint density at radius 1 is 1.23 bits per heavy atom. The Hall–Kier alpha value is -3.10. The topological polar surface area (TPSA) is 68.5 Å². The van der Waals surface area contributed by atoms with Crippen LogP contribution in [-0.2, 0) is 4.79 Å². The molecule has 0 saturated heterocycles. The van der Waals surface area contributed by atoms with Gasteiger partial charge in [-0.15, -0.1) is 0 Å². The fourth-order valence-electron chi connectivity index (χ4n) is 3.04. The van der Waals surface area contributed by atoms with Crippen LogP contribution in [-0.4, -0.2) is 33.4 Å². The molecule has 4 rings (SSSR count). The monoisotopic (exact) mass is 456 g/mol. The van der Waals surface area contributed by atoms with E-state index < -0.39 is 5.82 Å². The van der Waals surface area contributed by atoms with Gasteiger partial charge in [0.2, 0.25) is 5.91 Å². The molecular formula is C22H18ClFN4O2S. The van der Waals surface area contributed by atoms with Crippen molar-refractivity contribution in [1.82, 2.24) is 14.6 Å². The lowest BCUT2D eigenvalue weighted by Crippen LogP contribution is -2.15. The summed E-state index contributed by atoms with van der Waals surface area (Å²) in [5.41, 5.74) is 3.42. The minimum Gasteiger partial charge on any atom is -0.497 e. The molecule has 158 valence electrons. The molecule has 9 heteroatoms. The maximum Gasteiger partial charge on any atom is 0.234 e. The Morgan fingerprint density at radius 3 is 2.71 bits per heavy atom. The Labute approximate surface area is 187 Å². The summed E-state index contributed by atoms with van der Waals surface area (Å²) in [6.45, 7) is 1.89. The Bertz CT molecular complexity index is 1260. The van der Waals surface area contributed by atoms with Crippen LogP contribution in [0.2, 0.25) is 5.02 Å². The van der Waals surface area contributed by atoms with Gasteiger partial charge in [-0.2, -0.15) is 5.10 Å². The zero-order chi connectivity index (χ0) is 22.0. The van der Waals surface area contributed by atoms with Crippen molar-refractivity contribution in [1.29, 1.82) is 0 Å². The number of carbonyl (C=O) groups excluding carboxylic acids is 1. The molecule has 0 bridgehead atoms. The fraction of sp³-hybridized carbons (Fsp3) is 0.136. The molecule has 0 radical (unpaired) electrons. The van der Waals surface area contributed by atoms with Crippen LogP contribution in [0, 0.1) is 12.7 Å². The summed E-state index contributed by atoms with van der Waals surface area (Å²) < 4.78 is 20.8. The zero-order valence-corrected chi connectivity index (χ0v) is 18.3. The lowest BCUT2D eigenvalue weighted by Gasteiger charge is -2.09. The van der Waals surface area contributed by atoms with Gasteiger partial charge in [-0.1, -0.05) is 35.5 Å². The Kier molecular flexibility index (Phi) is 6.11. The largest absolute Gasteiger partial charge is 0.497 e. The van der Waals surface area contributed by atoms with Crippen LogP contribution in [0.15, 0.2) is 59.8 Å². The molecule has 4 aromatic rings. The van der Waals surface area contributed by atoms with E-state index >= 15 is 0 Å². The second kappa shape index (κ2) is 8.95. The molecule has 0 aliphatic carbocycles. The molecule has 2 aromatic heterocycles. The van der Waals surface area contributed by atoms with Crippen LogP contribution in [0.3, 0.4) is 0 Å². The summed E-state index contributed by atoms with van der Waals surface area (Å²) in [6, 6.07) is 13.6. The van der Waals surface area contributed by atoms with Gasteiger partial charge < -0.3 is 10.1 Å². The normalized spacial score (nSPS) is 11.0. The van der Waals surface area contributed by atoms with E-state index in [-0.39, 0.29) is 22.4 Å². The third-order valence-electron chi connectivity index (χ3n) is 4.52. The van der Waals surface area contributed by atoms with Gasteiger partial charge >= 0.3 is 0 Å². The highest BCUT2D eigenvalue weighted by atomic mass is 35.5. The van der Waals surface area contributed by atoms with Gasteiger partial charge in [0.15, 0.2) is 5.65 Å². The number of rotatable bonds is 6. The molecule has 6 nitrogen and oxygen atoms in total. The highest BCUT2D eigenvalue weighted by Crippen LogP contribution is 2.29. The van der Waals surface area contributed by atoms with Gasteiger partial charge in [0.1, 0.15) is 16.6 Å². The first-order chi connectivity index (χ1) is 14.9. The lowest BCUT2D eigenvalue weighted by atomic mass is 10.1. The standard InChI is InChI=1S/C22H18ClFN4O2S/c1-13-9-21(31-12-20(29)27-19-8-5-15(23)10-18(19)24)28-22(26-13)17(11-25-28)14-3-6-16(30-2)7-4-14/h3-11H,12H2,1-2H3,(H,27,29). The minimum absolute atomic E-state index is 0.0817. The first-order valence-electron chi connectivity index (χ1n) is 9.32. The number of aryl methyl sites for hydroxylation is 1. The molecule has 1 amide bonds. The van der Waals surface area contributed by atoms with Crippen LogP contribution in [0.5, 0.6) is 5.75 Å². The van der Waals surface area contributed by atoms with Crippen molar-refractivity contribution in [3.8, 4) is 16.9 Å². The van der Waals surface area contributed by atoms with Gasteiger partial charge in [0, 0.05) is 16.3 Å². The number of nitrogens with zero attached hydrogens (tertiary/aromatic N) is 3. The molecule has 0 aliphatic rings. The third-order valence-corrected chi connectivity index (χ3v) is 5.75. The maximum atomic E-state index is 13.9. The minimum atomic E-state index is -0.579. The van der Waals surface area contributed by atoms with E-state index in [0.29, 0.717) is 5.65 Å². The number of thioether (sulfide) groups is 1. The van der Waals surface area contributed by atoms with Crippen molar-refractivity contribution < 1.29 is 13.9 Å². The number of nitrogens with one attached hydrogen (secondary N) is 1. The van der Waals surface area contributed by atoms with E-state index in [0.717, 1.165) is 33.7 Å². The van der Waals surface area contributed by atoms with Gasteiger partial charge in [-0.3, -0.25) is 4.79 Å². The van der Waals surface area contributed by atoms with Crippen molar-refractivity contribution in [2.24, 2.45) is 0 Å². The van der Waals surface area contributed by atoms with Crippen LogP contribution in [0.25, 0.3) is 16.8 Å². The summed E-state index contributed by atoms with van der Waals surface area (Å²) in [6.07, 6.45) is 1.75. The average molecular weight is 457 g/mol. The molecule has 0 fully saturated rings. The summed E-state index contributed by atoms with van der Waals surface area (Å²) in [5, 5.41) is 8.05. The van der Waals surface area contributed by atoms with Crippen molar-refractivity contribution in [3.05, 3.63) is 71.3 Å². The Morgan fingerprint density at radius 2 is 2.00 bits per heavy atom. The molecule has 0 saturated carbocycles. The quantitative estimate of drug-likeness (QED) is 0.317. The Balaban J connectivity index is 1.55. The number of hydrogen-bond acceptors (Lipinski definition) is 5. The predicted octanol–water partition coefficient (Wildman–Crippen LogP) is 5.24. The van der Waals surface area contributed by atoms with E-state index in [1.807, 2.05) is 37.3 Å². The second-order valence-corrected chi connectivity index (χ2v) is 8.15. The number of aromatic nitrogens is 3. The first kappa shape index (κ1) is 21.1. The molecule has 2 aromatic carbocycles. The van der Waals surface area contributed by atoms with E-state index in [4.69, 9.17) is 16.3 Å². The molecule has 31 heavy (non-hydrogen) atoms. The number of methoxy groups -OCH3 is 1. The molecule has 2 heterocycles. The zero-order valence-electron chi connectivity index (χ0n) is 16.7. The van der Waals surface area contributed by atoms with E-state index in [2.05, 4.69) is 15.4 Å². The SMILES string of the molecule is COc1ccc(-c2cnn3c(SCC(=O)Nc4ccc(Cl)cc4F)cc(C)nc23)cc1. The maximum absolute atomic E-state index is 13.9. The average Bonchev–Trinajstić information content (AvgIpc) is 3.18. The highest BCUT2D eigenvalue weighted by Gasteiger charge is 2.14. The number of fused-ring (bicyclic) bond motifs is 1. The smallest absolute Gasteiger partial charge is 0.234 e.